The van der Waals surface area contributed by atoms with E-state index in [9.17, 15) is 4.79 Å². The molecule has 1 aliphatic heterocycles. The van der Waals surface area contributed by atoms with Crippen LogP contribution in [0.15, 0.2) is 24.1 Å². The Bertz CT molecular complexity index is 660. The molecule has 2 amide bonds. The zero-order valence-electron chi connectivity index (χ0n) is 13.3. The zero-order valence-corrected chi connectivity index (χ0v) is 14.1. The number of likely N-dealkylation sites (tertiary alicyclic amines) is 1. The third-order valence-corrected chi connectivity index (χ3v) is 4.80. The monoisotopic (exact) mass is 332 g/mol. The molecular formula is C15H20N6OS. The normalized spacial score (nSPS) is 17.8. The molecule has 0 aliphatic carbocycles. The van der Waals surface area contributed by atoms with Crippen LogP contribution in [0.5, 0.6) is 0 Å². The molecule has 8 heteroatoms. The van der Waals surface area contributed by atoms with E-state index in [1.165, 1.54) is 6.33 Å². The first-order chi connectivity index (χ1) is 11.1. The van der Waals surface area contributed by atoms with Gasteiger partial charge in [0.25, 0.3) is 0 Å². The van der Waals surface area contributed by atoms with E-state index in [2.05, 4.69) is 20.3 Å². The number of amides is 2. The molecule has 0 unspecified atom stereocenters. The van der Waals surface area contributed by atoms with Gasteiger partial charge in [-0.3, -0.25) is 0 Å². The van der Waals surface area contributed by atoms with Gasteiger partial charge in [-0.15, -0.1) is 11.3 Å². The Hall–Kier alpha value is -2.22. The van der Waals surface area contributed by atoms with Gasteiger partial charge in [-0.25, -0.2) is 19.7 Å². The molecule has 0 spiro atoms. The first-order valence-corrected chi connectivity index (χ1v) is 8.45. The Labute approximate surface area is 139 Å². The van der Waals surface area contributed by atoms with E-state index >= 15 is 0 Å². The Kier molecular flexibility index (Phi) is 4.71. The molecule has 0 saturated carbocycles. The maximum absolute atomic E-state index is 12.6. The van der Waals surface area contributed by atoms with E-state index < -0.39 is 0 Å². The molecule has 1 saturated heterocycles. The van der Waals surface area contributed by atoms with Gasteiger partial charge in [0.2, 0.25) is 0 Å². The molecule has 2 aromatic heterocycles. The third-order valence-electron chi connectivity index (χ3n) is 3.87. The lowest BCUT2D eigenvalue weighted by Crippen LogP contribution is -2.41. The number of aromatic nitrogens is 3. The lowest BCUT2D eigenvalue weighted by molar-refractivity contribution is 0.192. The summed E-state index contributed by atoms with van der Waals surface area (Å²) in [6, 6.07) is -0.107. The van der Waals surface area contributed by atoms with Crippen molar-refractivity contribution in [2.75, 3.05) is 37.4 Å². The van der Waals surface area contributed by atoms with Crippen LogP contribution >= 0.6 is 11.3 Å². The summed E-state index contributed by atoms with van der Waals surface area (Å²) in [6.45, 7) is 1.46. The fraction of sp³-hybridized carbons (Fsp3) is 0.467. The minimum absolute atomic E-state index is 0.107. The van der Waals surface area contributed by atoms with Crippen LogP contribution in [0.2, 0.25) is 0 Å². The highest BCUT2D eigenvalue weighted by Crippen LogP contribution is 2.29. The van der Waals surface area contributed by atoms with Gasteiger partial charge in [-0.1, -0.05) is 0 Å². The van der Waals surface area contributed by atoms with Gasteiger partial charge in [0, 0.05) is 44.7 Å². The predicted octanol–water partition coefficient (Wildman–Crippen LogP) is 2.41. The minimum atomic E-state index is -0.107. The Morgan fingerprint density at radius 3 is 3.04 bits per heavy atom. The van der Waals surface area contributed by atoms with Crippen LogP contribution in [0.1, 0.15) is 23.8 Å². The predicted molar refractivity (Wildman–Crippen MR) is 91.0 cm³/mol. The Morgan fingerprint density at radius 2 is 2.30 bits per heavy atom. The van der Waals surface area contributed by atoms with E-state index in [0.29, 0.717) is 24.0 Å². The first kappa shape index (κ1) is 15.7. The lowest BCUT2D eigenvalue weighted by Gasteiger charge is -2.32. The van der Waals surface area contributed by atoms with E-state index in [1.54, 1.807) is 17.5 Å². The van der Waals surface area contributed by atoms with Gasteiger partial charge in [0.1, 0.15) is 12.0 Å². The van der Waals surface area contributed by atoms with Gasteiger partial charge >= 0.3 is 6.03 Å². The first-order valence-electron chi connectivity index (χ1n) is 7.58. The van der Waals surface area contributed by atoms with Gasteiger partial charge in [0.15, 0.2) is 5.82 Å². The summed E-state index contributed by atoms with van der Waals surface area (Å²) in [5, 5.41) is 6.03. The summed E-state index contributed by atoms with van der Waals surface area (Å²) >= 11 is 1.66. The van der Waals surface area contributed by atoms with E-state index in [4.69, 9.17) is 0 Å². The SMILES string of the molecule is CN(C)c1ncncc1NC(=O)N1CCC[C@@H](c2nccs2)C1. The molecular weight excluding hydrogens is 312 g/mol. The molecule has 2 aromatic rings. The van der Waals surface area contributed by atoms with Crippen molar-refractivity contribution >= 4 is 28.9 Å². The van der Waals surface area contributed by atoms with Gasteiger partial charge in [-0.05, 0) is 12.8 Å². The van der Waals surface area contributed by atoms with E-state index in [1.807, 2.05) is 35.5 Å². The molecule has 1 fully saturated rings. The Balaban J connectivity index is 1.69. The number of thiazole rings is 1. The van der Waals surface area contributed by atoms with Gasteiger partial charge in [-0.2, -0.15) is 0 Å². The number of piperidine rings is 1. The maximum Gasteiger partial charge on any atom is 0.322 e. The molecule has 0 bridgehead atoms. The third kappa shape index (κ3) is 3.58. The molecule has 1 N–H and O–H groups in total. The van der Waals surface area contributed by atoms with Crippen LogP contribution in [0.4, 0.5) is 16.3 Å². The van der Waals surface area contributed by atoms with Crippen molar-refractivity contribution in [2.24, 2.45) is 0 Å². The standard InChI is InChI=1S/C15H20N6OS/c1-20(2)13-12(8-16-10-18-13)19-15(22)21-6-3-4-11(9-21)14-17-5-7-23-14/h5,7-8,10-11H,3-4,6,9H2,1-2H3,(H,19,22)/t11-/m1/s1. The topological polar surface area (TPSA) is 74.2 Å². The molecule has 7 nitrogen and oxygen atoms in total. The summed E-state index contributed by atoms with van der Waals surface area (Å²) in [7, 11) is 3.77. The average molecular weight is 332 g/mol. The largest absolute Gasteiger partial charge is 0.361 e. The lowest BCUT2D eigenvalue weighted by atomic mass is 9.99. The quantitative estimate of drug-likeness (QED) is 0.934. The summed E-state index contributed by atoms with van der Waals surface area (Å²) in [5.41, 5.74) is 0.624. The number of nitrogens with zero attached hydrogens (tertiary/aromatic N) is 5. The number of hydrogen-bond donors (Lipinski definition) is 1. The van der Waals surface area contributed by atoms with Crippen LogP contribution in [0.3, 0.4) is 0 Å². The number of urea groups is 1. The second-order valence-corrected chi connectivity index (χ2v) is 6.67. The molecule has 0 radical (unpaired) electrons. The zero-order chi connectivity index (χ0) is 16.2. The smallest absolute Gasteiger partial charge is 0.322 e. The van der Waals surface area contributed by atoms with Crippen molar-refractivity contribution in [3.63, 3.8) is 0 Å². The van der Waals surface area contributed by atoms with E-state index in [-0.39, 0.29) is 6.03 Å². The molecule has 3 heterocycles. The van der Waals surface area contributed by atoms with Gasteiger partial charge < -0.3 is 15.1 Å². The molecule has 1 atom stereocenters. The van der Waals surface area contributed by atoms with Crippen molar-refractivity contribution in [3.05, 3.63) is 29.1 Å². The highest BCUT2D eigenvalue weighted by molar-refractivity contribution is 7.09. The van der Waals surface area contributed by atoms with Crippen molar-refractivity contribution in [3.8, 4) is 0 Å². The number of hydrogen-bond acceptors (Lipinski definition) is 6. The number of nitrogens with one attached hydrogen (secondary N) is 1. The summed E-state index contributed by atoms with van der Waals surface area (Å²) < 4.78 is 0. The van der Waals surface area contributed by atoms with Crippen LogP contribution < -0.4 is 10.2 Å². The summed E-state index contributed by atoms with van der Waals surface area (Å²) in [6.07, 6.45) is 6.99. The highest BCUT2D eigenvalue weighted by atomic mass is 32.1. The van der Waals surface area contributed by atoms with Crippen LogP contribution in [0.25, 0.3) is 0 Å². The number of carbonyl (C=O) groups excluding carboxylic acids is 1. The average Bonchev–Trinajstić information content (AvgIpc) is 3.10. The fourth-order valence-corrected chi connectivity index (χ4v) is 3.53. The maximum atomic E-state index is 12.6. The van der Waals surface area contributed by atoms with Crippen molar-refractivity contribution in [1.29, 1.82) is 0 Å². The van der Waals surface area contributed by atoms with Crippen LogP contribution in [0, 0.1) is 0 Å². The molecule has 1 aliphatic rings. The second-order valence-electron chi connectivity index (χ2n) is 5.74. The second kappa shape index (κ2) is 6.91. The van der Waals surface area contributed by atoms with E-state index in [0.717, 1.165) is 24.4 Å². The van der Waals surface area contributed by atoms with Crippen molar-refractivity contribution in [1.82, 2.24) is 19.9 Å². The molecule has 0 aromatic carbocycles. The van der Waals surface area contributed by atoms with Gasteiger partial charge in [0.05, 0.1) is 11.2 Å². The van der Waals surface area contributed by atoms with Crippen molar-refractivity contribution < 1.29 is 4.79 Å². The van der Waals surface area contributed by atoms with Crippen LogP contribution in [-0.4, -0.2) is 53.1 Å². The fourth-order valence-electron chi connectivity index (χ4n) is 2.76. The minimum Gasteiger partial charge on any atom is -0.361 e. The number of carbonyl (C=O) groups is 1. The molecule has 23 heavy (non-hydrogen) atoms. The van der Waals surface area contributed by atoms with Crippen molar-refractivity contribution in [2.45, 2.75) is 18.8 Å². The highest BCUT2D eigenvalue weighted by Gasteiger charge is 2.26. The number of anilines is 2. The molecule has 122 valence electrons. The molecule has 3 rings (SSSR count). The Morgan fingerprint density at radius 1 is 1.43 bits per heavy atom. The summed E-state index contributed by atoms with van der Waals surface area (Å²) in [5.74, 6) is 1.02. The van der Waals surface area contributed by atoms with Crippen LogP contribution in [-0.2, 0) is 0 Å². The number of rotatable bonds is 3. The summed E-state index contributed by atoms with van der Waals surface area (Å²) in [4.78, 5) is 28.9.